The normalized spacial score (nSPS) is 13.1. The Kier molecular flexibility index (Phi) is 6.66. The second-order valence-corrected chi connectivity index (χ2v) is 8.17. The molecule has 7 nitrogen and oxygen atoms in total. The maximum Gasteiger partial charge on any atom is 0.416 e. The molecule has 11 heteroatoms. The summed E-state index contributed by atoms with van der Waals surface area (Å²) in [7, 11) is 1.88. The van der Waals surface area contributed by atoms with Crippen molar-refractivity contribution in [2.75, 3.05) is 30.5 Å². The number of urea groups is 1. The fraction of sp³-hybridized carbons (Fsp3) is 0.381. The number of amides is 2. The van der Waals surface area contributed by atoms with Crippen molar-refractivity contribution in [3.8, 4) is 0 Å². The molecule has 0 atom stereocenters. The molecule has 2 heterocycles. The van der Waals surface area contributed by atoms with Gasteiger partial charge in [-0.2, -0.15) is 13.2 Å². The van der Waals surface area contributed by atoms with Crippen LogP contribution in [-0.4, -0.2) is 36.3 Å². The number of aliphatic hydroxyl groups is 1. The van der Waals surface area contributed by atoms with E-state index in [4.69, 9.17) is 11.6 Å². The second-order valence-electron chi connectivity index (χ2n) is 7.73. The van der Waals surface area contributed by atoms with E-state index in [2.05, 4.69) is 15.7 Å². The van der Waals surface area contributed by atoms with E-state index in [1.165, 1.54) is 11.1 Å². The minimum absolute atomic E-state index is 0.0203. The summed E-state index contributed by atoms with van der Waals surface area (Å²) in [6, 6.07) is 3.80. The number of nitrogens with one attached hydrogen (secondary N) is 2. The molecule has 172 valence electrons. The van der Waals surface area contributed by atoms with Crippen molar-refractivity contribution < 1.29 is 23.1 Å². The lowest BCUT2D eigenvalue weighted by Crippen LogP contribution is -2.55. The first kappa shape index (κ1) is 23.8. The number of benzene rings is 1. The van der Waals surface area contributed by atoms with Crippen LogP contribution in [0.3, 0.4) is 0 Å². The van der Waals surface area contributed by atoms with E-state index in [9.17, 15) is 23.1 Å². The lowest BCUT2D eigenvalue weighted by molar-refractivity contribution is -0.137. The van der Waals surface area contributed by atoms with E-state index in [1.807, 2.05) is 38.5 Å². The molecule has 32 heavy (non-hydrogen) atoms. The van der Waals surface area contributed by atoms with Crippen LogP contribution >= 0.6 is 11.6 Å². The van der Waals surface area contributed by atoms with E-state index in [-0.39, 0.29) is 29.8 Å². The summed E-state index contributed by atoms with van der Waals surface area (Å²) in [5.41, 5.74) is 4.31. The number of anilines is 2. The Bertz CT molecular complexity index is 1180. The van der Waals surface area contributed by atoms with Gasteiger partial charge in [-0.3, -0.25) is 0 Å². The smallest absolute Gasteiger partial charge is 0.394 e. The van der Waals surface area contributed by atoms with Crippen LogP contribution in [0.15, 0.2) is 24.3 Å². The van der Waals surface area contributed by atoms with Crippen molar-refractivity contribution in [3.63, 3.8) is 0 Å². The standard InChI is InChI=1S/C21H23ClF3N5O2/c1-11(2)16-10-17(27-19-18(16)12(3)29(19)4)30(5-6-31)28-20(32)26-15-8-13(21(23,24)25)7-14(22)9-15/h7-11,31H,5-6H2,1-4H3,(H-,26,28,32)/p+1. The van der Waals surface area contributed by atoms with E-state index in [1.54, 1.807) is 0 Å². The second kappa shape index (κ2) is 8.95. The Labute approximate surface area is 187 Å². The highest BCUT2D eigenvalue weighted by molar-refractivity contribution is 6.31. The number of nitrogens with zero attached hydrogens (tertiary/aromatic N) is 3. The summed E-state index contributed by atoms with van der Waals surface area (Å²) in [5.74, 6) is 0.587. The molecule has 0 spiro atoms. The Morgan fingerprint density at radius 3 is 2.56 bits per heavy atom. The largest absolute Gasteiger partial charge is 0.416 e. The van der Waals surface area contributed by atoms with Gasteiger partial charge in [0.2, 0.25) is 0 Å². The van der Waals surface area contributed by atoms with Crippen molar-refractivity contribution in [3.05, 3.63) is 51.1 Å². The van der Waals surface area contributed by atoms with Gasteiger partial charge in [-0.15, -0.1) is 0 Å². The first-order valence-electron chi connectivity index (χ1n) is 9.88. The molecular weight excluding hydrogens is 447 g/mol. The van der Waals surface area contributed by atoms with Gasteiger partial charge in [0.1, 0.15) is 10.9 Å². The van der Waals surface area contributed by atoms with Crippen LogP contribution < -0.4 is 31.0 Å². The molecule has 0 unspecified atom stereocenters. The zero-order chi connectivity index (χ0) is 23.8. The van der Waals surface area contributed by atoms with Crippen LogP contribution in [0.4, 0.5) is 29.5 Å². The van der Waals surface area contributed by atoms with E-state index in [0.717, 1.165) is 34.1 Å². The lowest BCUT2D eigenvalue weighted by Gasteiger charge is -2.23. The number of alkyl halides is 3. The molecule has 0 fully saturated rings. The number of pyridine rings is 1. The highest BCUT2D eigenvalue weighted by atomic mass is 35.5. The molecule has 0 saturated heterocycles. The number of aromatic nitrogens is 1. The van der Waals surface area contributed by atoms with Crippen LogP contribution in [0.2, 0.25) is 5.02 Å². The summed E-state index contributed by atoms with van der Waals surface area (Å²) >= 11 is 5.77. The van der Waals surface area contributed by atoms with E-state index >= 15 is 0 Å². The molecule has 1 aliphatic heterocycles. The van der Waals surface area contributed by atoms with Gasteiger partial charge in [-0.05, 0) is 41.6 Å². The molecule has 1 aromatic carbocycles. The van der Waals surface area contributed by atoms with Crippen LogP contribution in [0.5, 0.6) is 0 Å². The highest BCUT2D eigenvalue weighted by Crippen LogP contribution is 2.33. The molecule has 1 aliphatic rings. The summed E-state index contributed by atoms with van der Waals surface area (Å²) < 4.78 is 41.0. The maximum absolute atomic E-state index is 13.0. The molecule has 3 N–H and O–H groups in total. The molecule has 0 bridgehead atoms. The molecule has 2 aromatic rings. The zero-order valence-corrected chi connectivity index (χ0v) is 18.8. The lowest BCUT2D eigenvalue weighted by atomic mass is 9.99. The first-order valence-corrected chi connectivity index (χ1v) is 10.3. The first-order chi connectivity index (χ1) is 14.9. The minimum atomic E-state index is -4.61. The number of hydrazine groups is 1. The fourth-order valence-electron chi connectivity index (χ4n) is 3.45. The molecular formula is C21H24ClF3N5O2+. The van der Waals surface area contributed by atoms with Crippen LogP contribution in [0.25, 0.3) is 5.70 Å². The fourth-order valence-corrected chi connectivity index (χ4v) is 3.69. The van der Waals surface area contributed by atoms with Gasteiger partial charge < -0.3 is 10.4 Å². The summed E-state index contributed by atoms with van der Waals surface area (Å²) in [5, 5.41) is 14.1. The van der Waals surface area contributed by atoms with Gasteiger partial charge in [0.15, 0.2) is 0 Å². The topological polar surface area (TPSA) is 80.5 Å². The maximum atomic E-state index is 13.0. The van der Waals surface area contributed by atoms with Crippen molar-refractivity contribution in [1.29, 1.82) is 0 Å². The third kappa shape index (κ3) is 4.81. The number of aliphatic hydroxyl groups excluding tert-OH is 1. The summed E-state index contributed by atoms with van der Waals surface area (Å²) in [6.07, 6.45) is -4.61. The van der Waals surface area contributed by atoms with Crippen molar-refractivity contribution in [1.82, 2.24) is 15.0 Å². The molecule has 0 radical (unpaired) electrons. The van der Waals surface area contributed by atoms with Gasteiger partial charge in [0.05, 0.1) is 25.8 Å². The number of rotatable bonds is 6. The van der Waals surface area contributed by atoms with Crippen LogP contribution in [-0.2, 0) is 6.18 Å². The van der Waals surface area contributed by atoms with Crippen molar-refractivity contribution in [2.24, 2.45) is 0 Å². The molecule has 2 amide bonds. The van der Waals surface area contributed by atoms with Crippen molar-refractivity contribution >= 4 is 34.8 Å². The van der Waals surface area contributed by atoms with Gasteiger partial charge >= 0.3 is 17.7 Å². The number of fused-ring (bicyclic) bond motifs is 1. The predicted octanol–water partition coefficient (Wildman–Crippen LogP) is 2.68. The predicted molar refractivity (Wildman–Crippen MR) is 117 cm³/mol. The zero-order valence-electron chi connectivity index (χ0n) is 18.0. The Morgan fingerprint density at radius 1 is 1.28 bits per heavy atom. The molecule has 3 rings (SSSR count). The quantitative estimate of drug-likeness (QED) is 0.448. The Hall–Kier alpha value is -2.85. The molecule has 0 saturated carbocycles. The third-order valence-corrected chi connectivity index (χ3v) is 5.36. The average molecular weight is 471 g/mol. The van der Waals surface area contributed by atoms with Crippen LogP contribution in [0.1, 0.15) is 37.8 Å². The van der Waals surface area contributed by atoms with Gasteiger partial charge in [0.25, 0.3) is 5.82 Å². The minimum Gasteiger partial charge on any atom is -0.394 e. The molecule has 1 aromatic heterocycles. The van der Waals surface area contributed by atoms with E-state index < -0.39 is 17.8 Å². The number of hydrogen-bond acceptors (Lipinski definition) is 4. The van der Waals surface area contributed by atoms with Gasteiger partial charge in [-0.25, -0.2) is 19.8 Å². The van der Waals surface area contributed by atoms with E-state index in [0.29, 0.717) is 5.82 Å². The van der Waals surface area contributed by atoms with Gasteiger partial charge in [0, 0.05) is 16.8 Å². The Morgan fingerprint density at radius 2 is 1.97 bits per heavy atom. The summed E-state index contributed by atoms with van der Waals surface area (Å²) in [4.78, 5) is 17.1. The number of carbonyl (C=O) groups is 1. The summed E-state index contributed by atoms with van der Waals surface area (Å²) in [6.45, 7) is 5.81. The monoisotopic (exact) mass is 470 g/mol. The number of halogens is 4. The van der Waals surface area contributed by atoms with Gasteiger partial charge in [-0.1, -0.05) is 25.4 Å². The highest BCUT2D eigenvalue weighted by Gasteiger charge is 2.31. The number of carbonyl (C=O) groups excluding carboxylic acids is 1. The average Bonchev–Trinajstić information content (AvgIpc) is 2.70. The van der Waals surface area contributed by atoms with Crippen molar-refractivity contribution in [2.45, 2.75) is 32.9 Å². The SMILES string of the molecule is CC1=c2c(C(C)C)cc(N(CCO)NC(=O)Nc3cc(Cl)cc(C(F)(F)F)c3)nc2=[N+]1C. The third-order valence-electron chi connectivity index (χ3n) is 5.14. The van der Waals surface area contributed by atoms with Crippen LogP contribution in [0, 0.1) is 0 Å². The Balaban J connectivity index is 1.88. The number of hydrogen-bond donors (Lipinski definition) is 3. The molecule has 0 aliphatic carbocycles.